The Bertz CT molecular complexity index is 901. The van der Waals surface area contributed by atoms with Gasteiger partial charge in [0, 0.05) is 26.2 Å². The molecule has 0 bridgehead atoms. The first-order chi connectivity index (χ1) is 15.3. The van der Waals surface area contributed by atoms with E-state index in [9.17, 15) is 9.59 Å². The van der Waals surface area contributed by atoms with Gasteiger partial charge in [-0.05, 0) is 38.8 Å². The Morgan fingerprint density at radius 1 is 1.03 bits per heavy atom. The highest BCUT2D eigenvalue weighted by atomic mass is 16.5. The Balaban J connectivity index is 1.72. The molecule has 0 radical (unpaired) electrons. The first-order valence-corrected chi connectivity index (χ1v) is 11.3. The molecule has 2 aromatic carbocycles. The minimum atomic E-state index is -0.780. The Morgan fingerprint density at radius 2 is 1.66 bits per heavy atom. The Hall–Kier alpha value is -2.70. The van der Waals surface area contributed by atoms with Crippen molar-refractivity contribution in [3.63, 3.8) is 0 Å². The minimum Gasteiger partial charge on any atom is -0.379 e. The smallest absolute Gasteiger partial charge is 0.247 e. The third kappa shape index (κ3) is 6.17. The van der Waals surface area contributed by atoms with E-state index in [1.54, 1.807) is 0 Å². The third-order valence-corrected chi connectivity index (χ3v) is 6.01. The number of rotatable bonds is 8. The fourth-order valence-corrected chi connectivity index (χ4v) is 3.99. The molecule has 1 atom stereocenters. The highest BCUT2D eigenvalue weighted by molar-refractivity contribution is 5.93. The highest BCUT2D eigenvalue weighted by Gasteiger charge is 2.34. The third-order valence-electron chi connectivity index (χ3n) is 6.01. The van der Waals surface area contributed by atoms with Gasteiger partial charge >= 0.3 is 0 Å². The Labute approximate surface area is 191 Å². The van der Waals surface area contributed by atoms with E-state index >= 15 is 0 Å². The first-order valence-electron chi connectivity index (χ1n) is 11.3. The van der Waals surface area contributed by atoms with E-state index in [0.717, 1.165) is 55.1 Å². The van der Waals surface area contributed by atoms with Crippen molar-refractivity contribution in [3.8, 4) is 0 Å². The predicted molar refractivity (Wildman–Crippen MR) is 127 cm³/mol. The average molecular weight is 438 g/mol. The summed E-state index contributed by atoms with van der Waals surface area (Å²) < 4.78 is 5.37. The number of carbonyl (C=O) groups is 2. The van der Waals surface area contributed by atoms with Crippen LogP contribution in [0.25, 0.3) is 0 Å². The molecule has 1 saturated heterocycles. The molecule has 1 aliphatic heterocycles. The second-order valence-electron chi connectivity index (χ2n) is 9.06. The molecule has 2 amide bonds. The maximum absolute atomic E-state index is 13.4. The van der Waals surface area contributed by atoms with Crippen LogP contribution in [0.5, 0.6) is 0 Å². The van der Waals surface area contributed by atoms with Crippen molar-refractivity contribution >= 4 is 11.8 Å². The molecule has 0 aliphatic carbocycles. The van der Waals surface area contributed by atoms with E-state index in [1.807, 2.05) is 70.2 Å². The van der Waals surface area contributed by atoms with Crippen molar-refractivity contribution < 1.29 is 14.3 Å². The van der Waals surface area contributed by atoms with Crippen LogP contribution < -0.4 is 10.6 Å². The van der Waals surface area contributed by atoms with Crippen LogP contribution in [-0.2, 0) is 19.7 Å². The lowest BCUT2D eigenvalue weighted by Crippen LogP contribution is -2.48. The fourth-order valence-electron chi connectivity index (χ4n) is 3.99. The highest BCUT2D eigenvalue weighted by Crippen LogP contribution is 2.27. The predicted octanol–water partition coefficient (Wildman–Crippen LogP) is 2.89. The summed E-state index contributed by atoms with van der Waals surface area (Å²) in [5.74, 6) is -0.381. The molecule has 1 fully saturated rings. The van der Waals surface area contributed by atoms with Crippen molar-refractivity contribution in [2.24, 2.45) is 0 Å². The van der Waals surface area contributed by atoms with Crippen molar-refractivity contribution in [1.82, 2.24) is 15.5 Å². The molecule has 0 saturated carbocycles. The van der Waals surface area contributed by atoms with Gasteiger partial charge in [-0.3, -0.25) is 14.5 Å². The summed E-state index contributed by atoms with van der Waals surface area (Å²) in [6.07, 6.45) is 0. The number of amides is 2. The van der Waals surface area contributed by atoms with Crippen LogP contribution in [0.15, 0.2) is 48.5 Å². The summed E-state index contributed by atoms with van der Waals surface area (Å²) in [5, 5.41) is 6.02. The van der Waals surface area contributed by atoms with E-state index in [1.165, 1.54) is 0 Å². The molecule has 32 heavy (non-hydrogen) atoms. The number of aryl methyl sites for hydroxylation is 2. The number of morpholine rings is 1. The van der Waals surface area contributed by atoms with Crippen LogP contribution in [-0.4, -0.2) is 56.1 Å². The number of carbonyl (C=O) groups excluding carboxylic acids is 2. The van der Waals surface area contributed by atoms with Crippen LogP contribution in [0.3, 0.4) is 0 Å². The lowest BCUT2D eigenvalue weighted by molar-refractivity contribution is -0.131. The molecule has 0 unspecified atom stereocenters. The fraction of sp³-hybridized carbons (Fsp3) is 0.462. The summed E-state index contributed by atoms with van der Waals surface area (Å²) in [7, 11) is 0. The molecule has 2 N–H and O–H groups in total. The molecule has 6 heteroatoms. The molecule has 3 rings (SSSR count). The lowest BCUT2D eigenvalue weighted by Gasteiger charge is -2.29. The maximum atomic E-state index is 13.4. The second kappa shape index (κ2) is 10.7. The molecule has 1 heterocycles. The number of nitrogens with zero attached hydrogens (tertiary/aromatic N) is 1. The molecule has 1 aliphatic rings. The quantitative estimate of drug-likeness (QED) is 0.666. The van der Waals surface area contributed by atoms with Gasteiger partial charge in [0.2, 0.25) is 11.8 Å². The van der Waals surface area contributed by atoms with Crippen LogP contribution in [0, 0.1) is 13.8 Å². The van der Waals surface area contributed by atoms with Gasteiger partial charge in [0.05, 0.1) is 18.6 Å². The molecule has 0 aromatic heterocycles. The van der Waals surface area contributed by atoms with E-state index in [-0.39, 0.29) is 11.8 Å². The second-order valence-corrected chi connectivity index (χ2v) is 9.06. The van der Waals surface area contributed by atoms with Gasteiger partial charge in [0.25, 0.3) is 0 Å². The molecule has 6 nitrogen and oxygen atoms in total. The van der Waals surface area contributed by atoms with Gasteiger partial charge in [-0.2, -0.15) is 0 Å². The largest absolute Gasteiger partial charge is 0.379 e. The lowest BCUT2D eigenvalue weighted by atomic mass is 9.82. The zero-order valence-corrected chi connectivity index (χ0v) is 19.6. The SMILES string of the molecule is Cc1cc(C)cc(C(C)(C)C(=O)N[C@H](C(=O)NCCN2CCOCC2)c2ccccc2)c1. The van der Waals surface area contributed by atoms with E-state index in [0.29, 0.717) is 6.54 Å². The number of benzene rings is 2. The average Bonchev–Trinajstić information content (AvgIpc) is 2.77. The standard InChI is InChI=1S/C26H35N3O3/c1-19-16-20(2)18-22(17-19)26(3,4)25(31)28-23(21-8-6-5-7-9-21)24(30)27-10-11-29-12-14-32-15-13-29/h5-9,16-18,23H,10-15H2,1-4H3,(H,27,30)(H,28,31)/t23-/m0/s1. The summed E-state index contributed by atoms with van der Waals surface area (Å²) in [4.78, 5) is 28.8. The monoisotopic (exact) mass is 437 g/mol. The van der Waals surface area contributed by atoms with Crippen molar-refractivity contribution in [3.05, 3.63) is 70.8 Å². The summed E-state index contributed by atoms with van der Waals surface area (Å²) in [6.45, 7) is 12.3. The zero-order valence-electron chi connectivity index (χ0n) is 19.6. The van der Waals surface area contributed by atoms with Gasteiger partial charge in [-0.1, -0.05) is 59.7 Å². The van der Waals surface area contributed by atoms with Crippen molar-refractivity contribution in [1.29, 1.82) is 0 Å². The van der Waals surface area contributed by atoms with Gasteiger partial charge in [-0.15, -0.1) is 0 Å². The van der Waals surface area contributed by atoms with E-state index in [4.69, 9.17) is 4.74 Å². The van der Waals surface area contributed by atoms with Crippen molar-refractivity contribution in [2.75, 3.05) is 39.4 Å². The Morgan fingerprint density at radius 3 is 2.28 bits per heavy atom. The summed E-state index contributed by atoms with van der Waals surface area (Å²) >= 11 is 0. The number of hydrogen-bond acceptors (Lipinski definition) is 4. The molecule has 2 aromatic rings. The van der Waals surface area contributed by atoms with Gasteiger partial charge in [-0.25, -0.2) is 0 Å². The molecule has 0 spiro atoms. The Kier molecular flexibility index (Phi) is 8.04. The van der Waals surface area contributed by atoms with Crippen LogP contribution in [0.4, 0.5) is 0 Å². The topological polar surface area (TPSA) is 70.7 Å². The van der Waals surface area contributed by atoms with Gasteiger partial charge in [0.15, 0.2) is 0 Å². The molecule has 172 valence electrons. The first kappa shape index (κ1) is 24.0. The van der Waals surface area contributed by atoms with E-state index in [2.05, 4.69) is 21.6 Å². The zero-order chi connectivity index (χ0) is 23.1. The molecular weight excluding hydrogens is 402 g/mol. The summed E-state index contributed by atoms with van der Waals surface area (Å²) in [5.41, 5.74) is 3.15. The normalized spacial score (nSPS) is 15.8. The van der Waals surface area contributed by atoms with Crippen LogP contribution in [0.1, 0.15) is 42.1 Å². The maximum Gasteiger partial charge on any atom is 0.247 e. The van der Waals surface area contributed by atoms with Gasteiger partial charge in [0.1, 0.15) is 6.04 Å². The summed E-state index contributed by atoms with van der Waals surface area (Å²) in [6, 6.07) is 14.8. The van der Waals surface area contributed by atoms with Crippen LogP contribution in [0.2, 0.25) is 0 Å². The number of ether oxygens (including phenoxy) is 1. The van der Waals surface area contributed by atoms with Crippen molar-refractivity contribution in [2.45, 2.75) is 39.2 Å². The van der Waals surface area contributed by atoms with Gasteiger partial charge < -0.3 is 15.4 Å². The minimum absolute atomic E-state index is 0.181. The van der Waals surface area contributed by atoms with Crippen LogP contribution >= 0.6 is 0 Å². The number of hydrogen-bond donors (Lipinski definition) is 2. The van der Waals surface area contributed by atoms with E-state index < -0.39 is 11.5 Å². The molecular formula is C26H35N3O3. The number of nitrogens with one attached hydrogen (secondary N) is 2.